The first-order valence-corrected chi connectivity index (χ1v) is 7.86. The number of aryl methyl sites for hydroxylation is 1. The molecule has 0 bridgehead atoms. The van der Waals surface area contributed by atoms with E-state index in [2.05, 4.69) is 75.6 Å². The number of benzene rings is 1. The van der Waals surface area contributed by atoms with E-state index in [1.54, 1.807) is 7.05 Å². The van der Waals surface area contributed by atoms with Crippen LogP contribution in [0.2, 0.25) is 0 Å². The largest absolute Gasteiger partial charge is 0.311 e. The molecule has 0 fully saturated rings. The fraction of sp³-hybridized carbons (Fsp3) is 0.533. The van der Waals surface area contributed by atoms with Crippen LogP contribution in [0, 0.1) is 0 Å². The standard InChI is InChI=1S/C15H22BrN5/c1-15(2,3)17-10-12(9-14-18-20-21(4)19-14)11-6-5-7-13(16)8-11/h5-8,12,17H,9-10H2,1-4H3. The maximum absolute atomic E-state index is 4.30. The zero-order valence-corrected chi connectivity index (χ0v) is 14.6. The molecule has 6 heteroatoms. The Balaban J connectivity index is 2.17. The van der Waals surface area contributed by atoms with Crippen molar-refractivity contribution in [3.63, 3.8) is 0 Å². The van der Waals surface area contributed by atoms with Crippen molar-refractivity contribution < 1.29 is 0 Å². The normalized spacial score (nSPS) is 13.4. The number of hydrogen-bond acceptors (Lipinski definition) is 4. The molecule has 1 N–H and O–H groups in total. The molecule has 114 valence electrons. The van der Waals surface area contributed by atoms with Crippen molar-refractivity contribution in [1.82, 2.24) is 25.5 Å². The third kappa shape index (κ3) is 5.21. The van der Waals surface area contributed by atoms with Crippen molar-refractivity contribution in [2.75, 3.05) is 6.54 Å². The minimum atomic E-state index is 0.0834. The first kappa shape index (κ1) is 16.1. The molecule has 1 aromatic carbocycles. The van der Waals surface area contributed by atoms with E-state index < -0.39 is 0 Å². The van der Waals surface area contributed by atoms with Gasteiger partial charge in [-0.2, -0.15) is 4.80 Å². The van der Waals surface area contributed by atoms with Crippen molar-refractivity contribution in [1.29, 1.82) is 0 Å². The molecule has 0 radical (unpaired) electrons. The zero-order valence-electron chi connectivity index (χ0n) is 13.0. The van der Waals surface area contributed by atoms with Crippen LogP contribution in [0.1, 0.15) is 38.1 Å². The molecule has 0 spiro atoms. The predicted octanol–water partition coefficient (Wildman–Crippen LogP) is 2.69. The number of hydrogen-bond donors (Lipinski definition) is 1. The average Bonchev–Trinajstić information content (AvgIpc) is 2.79. The van der Waals surface area contributed by atoms with E-state index in [4.69, 9.17) is 0 Å². The molecule has 21 heavy (non-hydrogen) atoms. The van der Waals surface area contributed by atoms with Crippen LogP contribution in [-0.2, 0) is 13.5 Å². The number of nitrogens with one attached hydrogen (secondary N) is 1. The highest BCUT2D eigenvalue weighted by atomic mass is 79.9. The van der Waals surface area contributed by atoms with E-state index in [1.165, 1.54) is 10.4 Å². The van der Waals surface area contributed by atoms with Crippen LogP contribution in [0.4, 0.5) is 0 Å². The molecule has 2 aromatic rings. The summed E-state index contributed by atoms with van der Waals surface area (Å²) in [6.07, 6.45) is 0.771. The van der Waals surface area contributed by atoms with Crippen molar-refractivity contribution in [2.45, 2.75) is 38.6 Å². The number of nitrogens with zero attached hydrogens (tertiary/aromatic N) is 4. The molecular weight excluding hydrogens is 330 g/mol. The maximum atomic E-state index is 4.30. The van der Waals surface area contributed by atoms with Gasteiger partial charge in [0.15, 0.2) is 5.82 Å². The maximum Gasteiger partial charge on any atom is 0.175 e. The van der Waals surface area contributed by atoms with Gasteiger partial charge < -0.3 is 5.32 Å². The second-order valence-electron chi connectivity index (χ2n) is 6.28. The van der Waals surface area contributed by atoms with Gasteiger partial charge in [-0.3, -0.25) is 0 Å². The van der Waals surface area contributed by atoms with Crippen LogP contribution < -0.4 is 5.32 Å². The molecule has 0 saturated carbocycles. The summed E-state index contributed by atoms with van der Waals surface area (Å²) in [7, 11) is 1.79. The molecule has 0 aliphatic carbocycles. The van der Waals surface area contributed by atoms with Crippen LogP contribution in [0.25, 0.3) is 0 Å². The van der Waals surface area contributed by atoms with Crippen molar-refractivity contribution in [2.24, 2.45) is 7.05 Å². The Morgan fingerprint density at radius 1 is 1.33 bits per heavy atom. The van der Waals surface area contributed by atoms with Gasteiger partial charge in [0.1, 0.15) is 0 Å². The lowest BCUT2D eigenvalue weighted by atomic mass is 9.94. The highest BCUT2D eigenvalue weighted by molar-refractivity contribution is 9.10. The highest BCUT2D eigenvalue weighted by Crippen LogP contribution is 2.23. The Morgan fingerprint density at radius 2 is 2.10 bits per heavy atom. The zero-order chi connectivity index (χ0) is 15.5. The van der Waals surface area contributed by atoms with Crippen molar-refractivity contribution in [3.8, 4) is 0 Å². The van der Waals surface area contributed by atoms with Gasteiger partial charge in [-0.25, -0.2) is 0 Å². The molecule has 0 aliphatic rings. The first-order chi connectivity index (χ1) is 9.83. The van der Waals surface area contributed by atoms with Gasteiger partial charge >= 0.3 is 0 Å². The summed E-state index contributed by atoms with van der Waals surface area (Å²) >= 11 is 3.54. The number of tetrazole rings is 1. The topological polar surface area (TPSA) is 55.6 Å². The van der Waals surface area contributed by atoms with Gasteiger partial charge in [-0.1, -0.05) is 28.1 Å². The summed E-state index contributed by atoms with van der Waals surface area (Å²) in [6, 6.07) is 8.41. The molecule has 0 aliphatic heterocycles. The van der Waals surface area contributed by atoms with Crippen LogP contribution >= 0.6 is 15.9 Å². The number of aromatic nitrogens is 4. The summed E-state index contributed by atoms with van der Waals surface area (Å²) in [5, 5.41) is 15.9. The average molecular weight is 352 g/mol. The van der Waals surface area contributed by atoms with Gasteiger partial charge in [0.25, 0.3) is 0 Å². The lowest BCUT2D eigenvalue weighted by Gasteiger charge is -2.25. The van der Waals surface area contributed by atoms with E-state index >= 15 is 0 Å². The fourth-order valence-corrected chi connectivity index (χ4v) is 2.54. The van der Waals surface area contributed by atoms with Gasteiger partial charge in [-0.05, 0) is 43.7 Å². The second-order valence-corrected chi connectivity index (χ2v) is 7.20. The van der Waals surface area contributed by atoms with Crippen molar-refractivity contribution in [3.05, 3.63) is 40.1 Å². The molecule has 0 amide bonds. The van der Waals surface area contributed by atoms with E-state index in [9.17, 15) is 0 Å². The molecule has 1 atom stereocenters. The summed E-state index contributed by atoms with van der Waals surface area (Å²) < 4.78 is 1.09. The van der Waals surface area contributed by atoms with Gasteiger partial charge in [-0.15, -0.1) is 10.2 Å². The van der Waals surface area contributed by atoms with Crippen LogP contribution in [0.3, 0.4) is 0 Å². The monoisotopic (exact) mass is 351 g/mol. The predicted molar refractivity (Wildman–Crippen MR) is 87.1 cm³/mol. The Bertz CT molecular complexity index is 588. The SMILES string of the molecule is Cn1nnc(CC(CNC(C)(C)C)c2cccc(Br)c2)n1. The Hall–Kier alpha value is -1.27. The third-order valence-corrected chi connectivity index (χ3v) is 3.67. The molecule has 1 aromatic heterocycles. The summed E-state index contributed by atoms with van der Waals surface area (Å²) in [5.74, 6) is 1.09. The molecule has 2 rings (SSSR count). The van der Waals surface area contributed by atoms with Gasteiger partial charge in [0.05, 0.1) is 7.05 Å². The Labute approximate surface area is 134 Å². The quantitative estimate of drug-likeness (QED) is 0.899. The minimum Gasteiger partial charge on any atom is -0.311 e. The first-order valence-electron chi connectivity index (χ1n) is 7.07. The van der Waals surface area contributed by atoms with Gasteiger partial charge in [0.2, 0.25) is 0 Å². The molecule has 0 saturated heterocycles. The van der Waals surface area contributed by atoms with Crippen LogP contribution in [0.5, 0.6) is 0 Å². The van der Waals surface area contributed by atoms with Crippen molar-refractivity contribution >= 4 is 15.9 Å². The molecule has 1 heterocycles. The number of halogens is 1. The molecule has 1 unspecified atom stereocenters. The summed E-state index contributed by atoms with van der Waals surface area (Å²) in [5.41, 5.74) is 1.36. The highest BCUT2D eigenvalue weighted by Gasteiger charge is 2.18. The lowest BCUT2D eigenvalue weighted by Crippen LogP contribution is -2.39. The summed E-state index contributed by atoms with van der Waals surface area (Å²) in [4.78, 5) is 1.50. The minimum absolute atomic E-state index is 0.0834. The van der Waals surface area contributed by atoms with Crippen LogP contribution in [-0.4, -0.2) is 32.3 Å². The van der Waals surface area contributed by atoms with E-state index in [-0.39, 0.29) is 5.54 Å². The second kappa shape index (κ2) is 6.66. The summed E-state index contributed by atoms with van der Waals surface area (Å²) in [6.45, 7) is 7.39. The van der Waals surface area contributed by atoms with Gasteiger partial charge in [0, 0.05) is 28.9 Å². The number of rotatable bonds is 5. The lowest BCUT2D eigenvalue weighted by molar-refractivity contribution is 0.403. The van der Waals surface area contributed by atoms with E-state index in [1.807, 2.05) is 6.07 Å². The Kier molecular flexibility index (Phi) is 5.11. The Morgan fingerprint density at radius 3 is 2.67 bits per heavy atom. The van der Waals surface area contributed by atoms with Crippen LogP contribution in [0.15, 0.2) is 28.7 Å². The van der Waals surface area contributed by atoms with E-state index in [0.717, 1.165) is 23.3 Å². The molecule has 5 nitrogen and oxygen atoms in total. The smallest absolute Gasteiger partial charge is 0.175 e. The van der Waals surface area contributed by atoms with E-state index in [0.29, 0.717) is 5.92 Å². The molecular formula is C15H22BrN5. The third-order valence-electron chi connectivity index (χ3n) is 3.18. The fourth-order valence-electron chi connectivity index (χ4n) is 2.12.